The molecule has 2 heteroatoms. The Hall–Kier alpha value is -0.790. The van der Waals surface area contributed by atoms with Gasteiger partial charge < -0.3 is 4.74 Å². The first-order chi connectivity index (χ1) is 13.6. The lowest BCUT2D eigenvalue weighted by atomic mass is 10.0. The molecule has 28 heavy (non-hydrogen) atoms. The molecule has 0 rings (SSSR count). The number of rotatable bonds is 21. The minimum Gasteiger partial charge on any atom is -0.462 e. The van der Waals surface area contributed by atoms with Gasteiger partial charge in [-0.25, -0.2) is 4.79 Å². The van der Waals surface area contributed by atoms with E-state index in [0.29, 0.717) is 18.1 Å². The van der Waals surface area contributed by atoms with Crippen molar-refractivity contribution in [2.75, 3.05) is 6.61 Å². The molecule has 0 heterocycles. The molecule has 0 aromatic rings. The molecule has 2 nitrogen and oxygen atoms in total. The molecule has 0 unspecified atom stereocenters. The molecule has 166 valence electrons. The standard InChI is InChI=1S/C26H50O2/c1-5-6-7-8-9-10-11-12-13-14-15-16-17-18-19-20-23-28-26(27)25(4)22-21-24(2)3/h24H,4-23H2,1-3H3. The molecule has 0 aliphatic carbocycles. The summed E-state index contributed by atoms with van der Waals surface area (Å²) in [6.45, 7) is 11.0. The Morgan fingerprint density at radius 1 is 0.714 bits per heavy atom. The number of unbranched alkanes of at least 4 members (excludes halogenated alkanes) is 15. The summed E-state index contributed by atoms with van der Waals surface area (Å²) in [5, 5.41) is 0. The van der Waals surface area contributed by atoms with Crippen LogP contribution in [0.4, 0.5) is 0 Å². The van der Waals surface area contributed by atoms with Crippen LogP contribution in [0, 0.1) is 5.92 Å². The van der Waals surface area contributed by atoms with Gasteiger partial charge in [-0.15, -0.1) is 0 Å². The van der Waals surface area contributed by atoms with Crippen LogP contribution in [0.5, 0.6) is 0 Å². The van der Waals surface area contributed by atoms with E-state index < -0.39 is 0 Å². The fraction of sp³-hybridized carbons (Fsp3) is 0.885. The minimum atomic E-state index is -0.193. The van der Waals surface area contributed by atoms with Crippen LogP contribution in [0.2, 0.25) is 0 Å². The zero-order valence-corrected chi connectivity index (χ0v) is 19.5. The van der Waals surface area contributed by atoms with Crippen molar-refractivity contribution in [3.05, 3.63) is 12.2 Å². The van der Waals surface area contributed by atoms with Crippen LogP contribution in [-0.4, -0.2) is 12.6 Å². The third-order valence-corrected chi connectivity index (χ3v) is 5.54. The second-order valence-electron chi connectivity index (χ2n) is 8.98. The lowest BCUT2D eigenvalue weighted by molar-refractivity contribution is -0.139. The molecular formula is C26H50O2. The van der Waals surface area contributed by atoms with E-state index >= 15 is 0 Å². The van der Waals surface area contributed by atoms with Gasteiger partial charge in [-0.3, -0.25) is 0 Å². The predicted molar refractivity (Wildman–Crippen MR) is 124 cm³/mol. The molecule has 0 aliphatic rings. The maximum Gasteiger partial charge on any atom is 0.333 e. The van der Waals surface area contributed by atoms with E-state index in [4.69, 9.17) is 4.74 Å². The highest BCUT2D eigenvalue weighted by atomic mass is 16.5. The molecule has 0 fully saturated rings. The van der Waals surface area contributed by atoms with Gasteiger partial charge in [-0.05, 0) is 25.2 Å². The summed E-state index contributed by atoms with van der Waals surface area (Å²) in [6, 6.07) is 0. The third kappa shape index (κ3) is 20.0. The molecular weight excluding hydrogens is 344 g/mol. The first-order valence-electron chi connectivity index (χ1n) is 12.4. The largest absolute Gasteiger partial charge is 0.462 e. The molecule has 0 aromatic carbocycles. The van der Waals surface area contributed by atoms with Crippen LogP contribution in [0.15, 0.2) is 12.2 Å². The van der Waals surface area contributed by atoms with Crippen molar-refractivity contribution < 1.29 is 9.53 Å². The van der Waals surface area contributed by atoms with Gasteiger partial charge >= 0.3 is 5.97 Å². The third-order valence-electron chi connectivity index (χ3n) is 5.54. The summed E-state index contributed by atoms with van der Waals surface area (Å²) < 4.78 is 5.32. The summed E-state index contributed by atoms with van der Waals surface area (Å²) in [5.74, 6) is 0.409. The molecule has 0 amide bonds. The van der Waals surface area contributed by atoms with E-state index in [1.165, 1.54) is 96.3 Å². The molecule has 0 radical (unpaired) electrons. The Morgan fingerprint density at radius 2 is 1.11 bits per heavy atom. The number of hydrogen-bond acceptors (Lipinski definition) is 2. The Labute approximate surface area is 176 Å². The first kappa shape index (κ1) is 27.2. The van der Waals surface area contributed by atoms with Crippen molar-refractivity contribution in [1.82, 2.24) is 0 Å². The Kier molecular flexibility index (Phi) is 20.3. The van der Waals surface area contributed by atoms with Crippen molar-refractivity contribution in [2.24, 2.45) is 5.92 Å². The topological polar surface area (TPSA) is 26.3 Å². The summed E-state index contributed by atoms with van der Waals surface area (Å²) >= 11 is 0. The van der Waals surface area contributed by atoms with Crippen molar-refractivity contribution >= 4 is 5.97 Å². The number of hydrogen-bond donors (Lipinski definition) is 0. The molecule has 0 spiro atoms. The van der Waals surface area contributed by atoms with Crippen molar-refractivity contribution in [1.29, 1.82) is 0 Å². The van der Waals surface area contributed by atoms with E-state index in [1.54, 1.807) is 0 Å². The van der Waals surface area contributed by atoms with Crippen molar-refractivity contribution in [3.8, 4) is 0 Å². The Morgan fingerprint density at radius 3 is 1.50 bits per heavy atom. The van der Waals surface area contributed by atoms with E-state index in [1.807, 2.05) is 0 Å². The molecule has 0 bridgehead atoms. The van der Waals surface area contributed by atoms with Gasteiger partial charge in [-0.2, -0.15) is 0 Å². The maximum absolute atomic E-state index is 11.8. The maximum atomic E-state index is 11.8. The molecule has 0 N–H and O–H groups in total. The van der Waals surface area contributed by atoms with Crippen LogP contribution in [0.3, 0.4) is 0 Å². The van der Waals surface area contributed by atoms with Crippen LogP contribution in [0.1, 0.15) is 136 Å². The molecule has 0 aliphatic heterocycles. The van der Waals surface area contributed by atoms with Crippen LogP contribution in [0.25, 0.3) is 0 Å². The lowest BCUT2D eigenvalue weighted by Gasteiger charge is -2.08. The lowest BCUT2D eigenvalue weighted by Crippen LogP contribution is -2.09. The minimum absolute atomic E-state index is 0.193. The first-order valence-corrected chi connectivity index (χ1v) is 12.4. The van der Waals surface area contributed by atoms with Gasteiger partial charge in [0, 0.05) is 5.57 Å². The quantitative estimate of drug-likeness (QED) is 0.110. The molecule has 0 saturated carbocycles. The highest BCUT2D eigenvalue weighted by Gasteiger charge is 2.08. The second-order valence-corrected chi connectivity index (χ2v) is 8.98. The van der Waals surface area contributed by atoms with Gasteiger partial charge in [0.25, 0.3) is 0 Å². The highest BCUT2D eigenvalue weighted by molar-refractivity contribution is 5.87. The van der Waals surface area contributed by atoms with Gasteiger partial charge in [0.15, 0.2) is 0 Å². The zero-order chi connectivity index (χ0) is 20.9. The van der Waals surface area contributed by atoms with Crippen molar-refractivity contribution in [2.45, 2.75) is 136 Å². The van der Waals surface area contributed by atoms with E-state index in [9.17, 15) is 4.79 Å². The number of carbonyl (C=O) groups is 1. The molecule has 0 saturated heterocycles. The summed E-state index contributed by atoms with van der Waals surface area (Å²) in [6.07, 6.45) is 23.5. The van der Waals surface area contributed by atoms with Crippen LogP contribution >= 0.6 is 0 Å². The fourth-order valence-corrected chi connectivity index (χ4v) is 3.48. The highest BCUT2D eigenvalue weighted by Crippen LogP contribution is 2.14. The number of carbonyl (C=O) groups excluding carboxylic acids is 1. The van der Waals surface area contributed by atoms with Gasteiger partial charge in [-0.1, -0.05) is 124 Å². The van der Waals surface area contributed by atoms with E-state index in [0.717, 1.165) is 19.3 Å². The Bertz CT molecular complexity index is 359. The predicted octanol–water partition coefficient (Wildman–Crippen LogP) is 8.78. The van der Waals surface area contributed by atoms with Crippen LogP contribution < -0.4 is 0 Å². The molecule has 0 atom stereocenters. The van der Waals surface area contributed by atoms with E-state index in [2.05, 4.69) is 27.4 Å². The fourth-order valence-electron chi connectivity index (χ4n) is 3.48. The number of ether oxygens (including phenoxy) is 1. The second kappa shape index (κ2) is 20.9. The van der Waals surface area contributed by atoms with E-state index in [-0.39, 0.29) is 5.97 Å². The van der Waals surface area contributed by atoms with Crippen LogP contribution in [-0.2, 0) is 9.53 Å². The SMILES string of the molecule is C=C(CCC(C)C)C(=O)OCCCCCCCCCCCCCCCCCC. The van der Waals surface area contributed by atoms with Gasteiger partial charge in [0.1, 0.15) is 0 Å². The summed E-state index contributed by atoms with van der Waals surface area (Å²) in [4.78, 5) is 11.8. The molecule has 0 aromatic heterocycles. The summed E-state index contributed by atoms with van der Waals surface area (Å²) in [7, 11) is 0. The average molecular weight is 395 g/mol. The summed E-state index contributed by atoms with van der Waals surface area (Å²) in [5.41, 5.74) is 0.630. The number of esters is 1. The average Bonchev–Trinajstić information content (AvgIpc) is 2.68. The smallest absolute Gasteiger partial charge is 0.333 e. The van der Waals surface area contributed by atoms with Gasteiger partial charge in [0.2, 0.25) is 0 Å². The Balaban J connectivity index is 3.21. The van der Waals surface area contributed by atoms with Gasteiger partial charge in [0.05, 0.1) is 6.61 Å². The monoisotopic (exact) mass is 394 g/mol. The normalized spacial score (nSPS) is 11.1. The van der Waals surface area contributed by atoms with Crippen molar-refractivity contribution in [3.63, 3.8) is 0 Å². The zero-order valence-electron chi connectivity index (χ0n) is 19.5.